The predicted molar refractivity (Wildman–Crippen MR) is 81.5 cm³/mol. The molecule has 0 bridgehead atoms. The fourth-order valence-corrected chi connectivity index (χ4v) is 3.82. The first-order valence-electron chi connectivity index (χ1n) is 8.49. The molecule has 0 aromatic carbocycles. The molecule has 0 radical (unpaired) electrons. The second-order valence-electron chi connectivity index (χ2n) is 7.22. The van der Waals surface area contributed by atoms with E-state index >= 15 is 0 Å². The Balaban J connectivity index is 1.77. The molecule has 3 unspecified atom stereocenters. The summed E-state index contributed by atoms with van der Waals surface area (Å²) in [5.41, 5.74) is 0. The molecule has 2 aliphatic carbocycles. The molecule has 20 heavy (non-hydrogen) atoms. The van der Waals surface area contributed by atoms with Gasteiger partial charge in [-0.25, -0.2) is 0 Å². The highest BCUT2D eigenvalue weighted by molar-refractivity contribution is 5.71. The predicted octanol–water partition coefficient (Wildman–Crippen LogP) is 3.52. The van der Waals surface area contributed by atoms with Crippen LogP contribution in [0.25, 0.3) is 0 Å². The van der Waals surface area contributed by atoms with Gasteiger partial charge in [0.25, 0.3) is 0 Å². The molecule has 3 atom stereocenters. The molecule has 0 aromatic heterocycles. The number of carbonyl (C=O) groups is 1. The third-order valence-electron chi connectivity index (χ3n) is 5.13. The highest BCUT2D eigenvalue weighted by atomic mass is 16.5. The summed E-state index contributed by atoms with van der Waals surface area (Å²) in [4.78, 5) is 12.1. The van der Waals surface area contributed by atoms with Gasteiger partial charge >= 0.3 is 5.97 Å². The summed E-state index contributed by atoms with van der Waals surface area (Å²) in [5, 5.41) is 3.35. The van der Waals surface area contributed by atoms with Gasteiger partial charge < -0.3 is 10.1 Å². The van der Waals surface area contributed by atoms with Crippen molar-refractivity contribution >= 4 is 5.97 Å². The third-order valence-corrected chi connectivity index (χ3v) is 5.13. The molecule has 0 heterocycles. The molecule has 116 valence electrons. The van der Waals surface area contributed by atoms with Crippen molar-refractivity contribution in [3.63, 3.8) is 0 Å². The number of rotatable bonds is 5. The molecule has 0 spiro atoms. The third kappa shape index (κ3) is 4.47. The zero-order chi connectivity index (χ0) is 14.5. The van der Waals surface area contributed by atoms with Crippen LogP contribution >= 0.6 is 0 Å². The summed E-state index contributed by atoms with van der Waals surface area (Å²) >= 11 is 0. The number of esters is 1. The zero-order valence-electron chi connectivity index (χ0n) is 13.4. The van der Waals surface area contributed by atoms with Gasteiger partial charge in [-0.2, -0.15) is 0 Å². The van der Waals surface area contributed by atoms with Crippen LogP contribution in [0.2, 0.25) is 0 Å². The van der Waals surface area contributed by atoms with Crippen LogP contribution in [0.4, 0.5) is 0 Å². The summed E-state index contributed by atoms with van der Waals surface area (Å²) in [5.74, 6) is 1.77. The maximum atomic E-state index is 12.1. The quantitative estimate of drug-likeness (QED) is 0.784. The first-order valence-corrected chi connectivity index (χ1v) is 8.49. The van der Waals surface area contributed by atoms with Gasteiger partial charge in [-0.05, 0) is 43.4 Å². The van der Waals surface area contributed by atoms with Crippen molar-refractivity contribution in [3.05, 3.63) is 0 Å². The Morgan fingerprint density at radius 3 is 2.55 bits per heavy atom. The number of carbonyl (C=O) groups excluding carboxylic acids is 1. The van der Waals surface area contributed by atoms with E-state index in [0.29, 0.717) is 30.3 Å². The van der Waals surface area contributed by atoms with E-state index in [2.05, 4.69) is 26.1 Å². The van der Waals surface area contributed by atoms with Gasteiger partial charge in [-0.1, -0.05) is 40.0 Å². The molecule has 1 N–H and O–H groups in total. The van der Waals surface area contributed by atoms with E-state index in [1.807, 2.05) is 0 Å². The van der Waals surface area contributed by atoms with Crippen molar-refractivity contribution in [1.82, 2.24) is 5.32 Å². The average molecular weight is 281 g/mol. The van der Waals surface area contributed by atoms with Crippen LogP contribution in [0.5, 0.6) is 0 Å². The summed E-state index contributed by atoms with van der Waals surface area (Å²) < 4.78 is 5.79. The Bertz CT molecular complexity index is 310. The number of nitrogens with one attached hydrogen (secondary N) is 1. The van der Waals surface area contributed by atoms with Crippen molar-refractivity contribution in [2.24, 2.45) is 17.8 Å². The molecule has 3 nitrogen and oxygen atoms in total. The Kier molecular flexibility index (Phi) is 5.88. The van der Waals surface area contributed by atoms with Crippen molar-refractivity contribution in [1.29, 1.82) is 0 Å². The summed E-state index contributed by atoms with van der Waals surface area (Å²) in [7, 11) is 0. The fourth-order valence-electron chi connectivity index (χ4n) is 3.82. The molecule has 2 aliphatic rings. The van der Waals surface area contributed by atoms with Crippen LogP contribution < -0.4 is 5.32 Å². The van der Waals surface area contributed by atoms with Gasteiger partial charge in [0, 0.05) is 6.04 Å². The summed E-state index contributed by atoms with van der Waals surface area (Å²) in [6.45, 7) is 7.16. The smallest absolute Gasteiger partial charge is 0.320 e. The molecular formula is C17H31NO2. The van der Waals surface area contributed by atoms with Crippen LogP contribution in [-0.2, 0) is 9.53 Å². The fraction of sp³-hybridized carbons (Fsp3) is 0.941. The highest BCUT2D eigenvalue weighted by Gasteiger charge is 2.33. The molecular weight excluding hydrogens is 250 g/mol. The van der Waals surface area contributed by atoms with Crippen LogP contribution in [0.15, 0.2) is 0 Å². The van der Waals surface area contributed by atoms with Crippen LogP contribution in [0, 0.1) is 17.8 Å². The Morgan fingerprint density at radius 2 is 1.90 bits per heavy atom. The largest absolute Gasteiger partial charge is 0.461 e. The van der Waals surface area contributed by atoms with E-state index in [0.717, 1.165) is 6.42 Å². The highest BCUT2D eigenvalue weighted by Crippen LogP contribution is 2.35. The SMILES string of the molecule is CC1CCC(C(C)C)C(OC(=O)CNC2CCCC2)C1. The lowest BCUT2D eigenvalue weighted by Gasteiger charge is -2.36. The van der Waals surface area contributed by atoms with Gasteiger partial charge in [-0.3, -0.25) is 4.79 Å². The number of hydrogen-bond acceptors (Lipinski definition) is 3. The van der Waals surface area contributed by atoms with Gasteiger partial charge in [0.05, 0.1) is 6.54 Å². The maximum Gasteiger partial charge on any atom is 0.320 e. The molecule has 2 fully saturated rings. The van der Waals surface area contributed by atoms with Crippen LogP contribution in [-0.4, -0.2) is 24.7 Å². The minimum atomic E-state index is -0.0540. The monoisotopic (exact) mass is 281 g/mol. The standard InChI is InChI=1S/C17H31NO2/c1-12(2)15-9-8-13(3)10-16(15)20-17(19)11-18-14-6-4-5-7-14/h12-16,18H,4-11H2,1-3H3. The Labute approximate surface area is 123 Å². The van der Waals surface area contributed by atoms with E-state index in [1.54, 1.807) is 0 Å². The molecule has 0 saturated heterocycles. The lowest BCUT2D eigenvalue weighted by atomic mass is 9.75. The molecule has 0 amide bonds. The first kappa shape index (κ1) is 15.8. The first-order chi connectivity index (χ1) is 9.56. The van der Waals surface area contributed by atoms with E-state index in [4.69, 9.17) is 4.74 Å². The lowest BCUT2D eigenvalue weighted by Crippen LogP contribution is -2.39. The Morgan fingerprint density at radius 1 is 1.20 bits per heavy atom. The summed E-state index contributed by atoms with van der Waals surface area (Å²) in [6, 6.07) is 0.536. The van der Waals surface area contributed by atoms with E-state index in [-0.39, 0.29) is 12.1 Å². The average Bonchev–Trinajstić information content (AvgIpc) is 2.89. The normalized spacial score (nSPS) is 31.7. The molecule has 0 aromatic rings. The molecule has 0 aliphatic heterocycles. The number of ether oxygens (including phenoxy) is 1. The minimum Gasteiger partial charge on any atom is -0.461 e. The van der Waals surface area contributed by atoms with Crippen molar-refractivity contribution < 1.29 is 9.53 Å². The van der Waals surface area contributed by atoms with Gasteiger partial charge in [-0.15, -0.1) is 0 Å². The minimum absolute atomic E-state index is 0.0540. The molecule has 2 rings (SSSR count). The second kappa shape index (κ2) is 7.44. The van der Waals surface area contributed by atoms with Crippen molar-refractivity contribution in [2.45, 2.75) is 77.9 Å². The molecule has 2 saturated carbocycles. The number of hydrogen-bond donors (Lipinski definition) is 1. The summed E-state index contributed by atoms with van der Waals surface area (Å²) in [6.07, 6.45) is 8.66. The zero-order valence-corrected chi connectivity index (χ0v) is 13.4. The van der Waals surface area contributed by atoms with Crippen LogP contribution in [0.1, 0.15) is 65.7 Å². The topological polar surface area (TPSA) is 38.3 Å². The van der Waals surface area contributed by atoms with Crippen molar-refractivity contribution in [3.8, 4) is 0 Å². The van der Waals surface area contributed by atoms with Gasteiger partial charge in [0.15, 0.2) is 0 Å². The van der Waals surface area contributed by atoms with Gasteiger partial charge in [0.1, 0.15) is 6.10 Å². The van der Waals surface area contributed by atoms with E-state index in [9.17, 15) is 4.79 Å². The van der Waals surface area contributed by atoms with E-state index in [1.165, 1.54) is 38.5 Å². The van der Waals surface area contributed by atoms with E-state index < -0.39 is 0 Å². The van der Waals surface area contributed by atoms with Crippen LogP contribution in [0.3, 0.4) is 0 Å². The lowest BCUT2D eigenvalue weighted by molar-refractivity contribution is -0.154. The maximum absolute atomic E-state index is 12.1. The second-order valence-corrected chi connectivity index (χ2v) is 7.22. The Hall–Kier alpha value is -0.570. The van der Waals surface area contributed by atoms with Crippen molar-refractivity contribution in [2.75, 3.05) is 6.54 Å². The van der Waals surface area contributed by atoms with Gasteiger partial charge in [0.2, 0.25) is 0 Å². The molecule has 3 heteroatoms.